The quantitative estimate of drug-likeness (QED) is 0.199. The molecule has 0 amide bonds. The van der Waals surface area contributed by atoms with Gasteiger partial charge in [-0.15, -0.1) is 0 Å². The number of hydrogen-bond donors (Lipinski definition) is 2. The third-order valence-corrected chi connectivity index (χ3v) is 6.00. The van der Waals surface area contributed by atoms with Gasteiger partial charge in [-0.05, 0) is 42.8 Å². The molecule has 1 atom stereocenters. The van der Waals surface area contributed by atoms with Crippen molar-refractivity contribution in [1.29, 1.82) is 0 Å². The lowest BCUT2D eigenvalue weighted by atomic mass is 10.1. The van der Waals surface area contributed by atoms with Crippen LogP contribution in [0.15, 0.2) is 63.8 Å². The molecule has 0 saturated carbocycles. The number of nitrogens with one attached hydrogen (secondary N) is 1. The van der Waals surface area contributed by atoms with E-state index in [1.54, 1.807) is 37.4 Å². The maximum Gasteiger partial charge on any atom is 0.204 e. The SMILES string of the molecule is CCCCNCC(O)COc1cc(OCc2ccc(OC)cc2)c2c(=O)c3cccc(OC)c3oc2c1. The van der Waals surface area contributed by atoms with Gasteiger partial charge in [0.05, 0.1) is 19.6 Å². The van der Waals surface area contributed by atoms with E-state index < -0.39 is 6.10 Å². The zero-order valence-corrected chi connectivity index (χ0v) is 21.4. The monoisotopic (exact) mass is 507 g/mol. The summed E-state index contributed by atoms with van der Waals surface area (Å²) in [5.41, 5.74) is 1.33. The van der Waals surface area contributed by atoms with Crippen LogP contribution in [0.1, 0.15) is 25.3 Å². The fourth-order valence-electron chi connectivity index (χ4n) is 3.98. The van der Waals surface area contributed by atoms with Crippen LogP contribution in [-0.4, -0.2) is 45.1 Å². The van der Waals surface area contributed by atoms with E-state index in [0.29, 0.717) is 45.7 Å². The second-order valence-corrected chi connectivity index (χ2v) is 8.72. The van der Waals surface area contributed by atoms with Crippen LogP contribution in [-0.2, 0) is 6.61 Å². The molecule has 196 valence electrons. The van der Waals surface area contributed by atoms with Gasteiger partial charge in [0.2, 0.25) is 5.43 Å². The predicted molar refractivity (Wildman–Crippen MR) is 143 cm³/mol. The minimum atomic E-state index is -0.695. The standard InChI is InChI=1S/C29H33NO7/c1-4-5-13-30-16-20(31)18-35-22-14-25(36-17-19-9-11-21(33-2)12-10-19)27-26(15-22)37-29-23(28(27)32)7-6-8-24(29)34-3/h6-12,14-15,20,30-31H,4-5,13,16-18H2,1-3H3. The maximum absolute atomic E-state index is 13.5. The lowest BCUT2D eigenvalue weighted by molar-refractivity contribution is 0.106. The molecule has 1 heterocycles. The average molecular weight is 508 g/mol. The molecule has 2 N–H and O–H groups in total. The highest BCUT2D eigenvalue weighted by atomic mass is 16.5. The van der Waals surface area contributed by atoms with Gasteiger partial charge in [-0.1, -0.05) is 31.5 Å². The highest BCUT2D eigenvalue weighted by Gasteiger charge is 2.18. The first-order chi connectivity index (χ1) is 18.0. The number of benzene rings is 3. The molecule has 8 nitrogen and oxygen atoms in total. The number of rotatable bonds is 13. The fraction of sp³-hybridized carbons (Fsp3) is 0.345. The number of unbranched alkanes of at least 4 members (excludes halogenated alkanes) is 1. The number of para-hydroxylation sites is 1. The Morgan fingerprint density at radius 2 is 1.78 bits per heavy atom. The molecule has 8 heteroatoms. The van der Waals surface area contributed by atoms with Crippen molar-refractivity contribution in [2.24, 2.45) is 0 Å². The van der Waals surface area contributed by atoms with E-state index in [1.807, 2.05) is 24.3 Å². The summed E-state index contributed by atoms with van der Waals surface area (Å²) in [6.45, 7) is 3.68. The van der Waals surface area contributed by atoms with E-state index >= 15 is 0 Å². The molecule has 0 aliphatic heterocycles. The first-order valence-corrected chi connectivity index (χ1v) is 12.4. The van der Waals surface area contributed by atoms with Crippen molar-refractivity contribution < 1.29 is 28.5 Å². The van der Waals surface area contributed by atoms with Gasteiger partial charge in [-0.2, -0.15) is 0 Å². The van der Waals surface area contributed by atoms with E-state index in [1.165, 1.54) is 7.11 Å². The minimum Gasteiger partial charge on any atom is -0.497 e. The Bertz CT molecular complexity index is 1380. The minimum absolute atomic E-state index is 0.0731. The Hall–Kier alpha value is -3.75. The van der Waals surface area contributed by atoms with Crippen molar-refractivity contribution >= 4 is 21.9 Å². The van der Waals surface area contributed by atoms with Crippen LogP contribution >= 0.6 is 0 Å². The summed E-state index contributed by atoms with van der Waals surface area (Å²) in [6, 6.07) is 16.0. The number of fused-ring (bicyclic) bond motifs is 2. The first kappa shape index (κ1) is 26.3. The van der Waals surface area contributed by atoms with Crippen molar-refractivity contribution in [3.63, 3.8) is 0 Å². The van der Waals surface area contributed by atoms with E-state index in [9.17, 15) is 9.90 Å². The summed E-state index contributed by atoms with van der Waals surface area (Å²) >= 11 is 0. The molecule has 0 saturated heterocycles. The van der Waals surface area contributed by atoms with E-state index in [4.69, 9.17) is 23.4 Å². The molecule has 0 fully saturated rings. The highest BCUT2D eigenvalue weighted by molar-refractivity contribution is 5.95. The van der Waals surface area contributed by atoms with Crippen LogP contribution in [0.5, 0.6) is 23.0 Å². The van der Waals surface area contributed by atoms with E-state index in [0.717, 1.165) is 30.7 Å². The summed E-state index contributed by atoms with van der Waals surface area (Å²) in [6.07, 6.45) is 1.43. The molecule has 37 heavy (non-hydrogen) atoms. The van der Waals surface area contributed by atoms with Gasteiger partial charge in [0.15, 0.2) is 11.3 Å². The van der Waals surface area contributed by atoms with Gasteiger partial charge in [-0.25, -0.2) is 0 Å². The van der Waals surface area contributed by atoms with Gasteiger partial charge in [0.25, 0.3) is 0 Å². The third kappa shape index (κ3) is 6.34. The second kappa shape index (κ2) is 12.5. The number of hydrogen-bond acceptors (Lipinski definition) is 8. The molecule has 4 rings (SSSR count). The summed E-state index contributed by atoms with van der Waals surface area (Å²) in [5.74, 6) is 1.95. The molecule has 0 aliphatic rings. The van der Waals surface area contributed by atoms with Gasteiger partial charge < -0.3 is 33.8 Å². The lowest BCUT2D eigenvalue weighted by Gasteiger charge is -2.16. The van der Waals surface area contributed by atoms with Gasteiger partial charge in [0, 0.05) is 18.7 Å². The number of aliphatic hydroxyl groups excluding tert-OH is 1. The smallest absolute Gasteiger partial charge is 0.204 e. The van der Waals surface area contributed by atoms with Crippen LogP contribution < -0.4 is 29.7 Å². The van der Waals surface area contributed by atoms with Crippen LogP contribution in [0, 0.1) is 0 Å². The average Bonchev–Trinajstić information content (AvgIpc) is 2.93. The summed E-state index contributed by atoms with van der Waals surface area (Å²) in [7, 11) is 3.14. The Morgan fingerprint density at radius 1 is 0.973 bits per heavy atom. The van der Waals surface area contributed by atoms with Crippen LogP contribution in [0.25, 0.3) is 21.9 Å². The predicted octanol–water partition coefficient (Wildman–Crippen LogP) is 4.67. The molecular formula is C29H33NO7. The lowest BCUT2D eigenvalue weighted by Crippen LogP contribution is -2.31. The largest absolute Gasteiger partial charge is 0.497 e. The molecule has 1 aromatic heterocycles. The Kier molecular flexibility index (Phi) is 8.87. The molecule has 1 unspecified atom stereocenters. The molecule has 0 aliphatic carbocycles. The molecular weight excluding hydrogens is 474 g/mol. The van der Waals surface area contributed by atoms with Crippen molar-refractivity contribution in [2.75, 3.05) is 33.9 Å². The normalized spacial score (nSPS) is 12.0. The summed E-state index contributed by atoms with van der Waals surface area (Å²) in [4.78, 5) is 13.5. The van der Waals surface area contributed by atoms with Crippen LogP contribution in [0.3, 0.4) is 0 Å². The zero-order valence-electron chi connectivity index (χ0n) is 21.4. The maximum atomic E-state index is 13.5. The van der Waals surface area contributed by atoms with Gasteiger partial charge in [-0.3, -0.25) is 4.79 Å². The fourth-order valence-corrected chi connectivity index (χ4v) is 3.98. The van der Waals surface area contributed by atoms with E-state index in [2.05, 4.69) is 12.2 Å². The second-order valence-electron chi connectivity index (χ2n) is 8.72. The molecule has 0 radical (unpaired) electrons. The Morgan fingerprint density at radius 3 is 2.51 bits per heavy atom. The molecule has 3 aromatic carbocycles. The van der Waals surface area contributed by atoms with E-state index in [-0.39, 0.29) is 18.6 Å². The summed E-state index contributed by atoms with van der Waals surface area (Å²) < 4.78 is 28.8. The Labute approximate surface area is 215 Å². The topological polar surface area (TPSA) is 99.4 Å². The third-order valence-electron chi connectivity index (χ3n) is 6.00. The number of ether oxygens (including phenoxy) is 4. The van der Waals surface area contributed by atoms with Gasteiger partial charge >= 0.3 is 0 Å². The summed E-state index contributed by atoms with van der Waals surface area (Å²) in [5, 5.41) is 14.2. The Balaban J connectivity index is 1.66. The zero-order chi connectivity index (χ0) is 26.2. The molecule has 0 spiro atoms. The highest BCUT2D eigenvalue weighted by Crippen LogP contribution is 2.34. The van der Waals surface area contributed by atoms with Crippen molar-refractivity contribution in [2.45, 2.75) is 32.5 Å². The van der Waals surface area contributed by atoms with Crippen LogP contribution in [0.4, 0.5) is 0 Å². The molecule has 0 bridgehead atoms. The van der Waals surface area contributed by atoms with Crippen molar-refractivity contribution in [3.05, 3.63) is 70.4 Å². The van der Waals surface area contributed by atoms with Crippen LogP contribution in [0.2, 0.25) is 0 Å². The van der Waals surface area contributed by atoms with Gasteiger partial charge in [0.1, 0.15) is 47.5 Å². The molecule has 4 aromatic rings. The number of aliphatic hydroxyl groups is 1. The van der Waals surface area contributed by atoms with Crippen molar-refractivity contribution in [1.82, 2.24) is 5.32 Å². The number of methoxy groups -OCH3 is 2. The van der Waals surface area contributed by atoms with Crippen molar-refractivity contribution in [3.8, 4) is 23.0 Å². The first-order valence-electron chi connectivity index (χ1n) is 12.4.